The molecule has 1 aliphatic carbocycles. The zero-order chi connectivity index (χ0) is 15.5. The third-order valence-electron chi connectivity index (χ3n) is 4.66. The van der Waals surface area contributed by atoms with Crippen LogP contribution in [0.25, 0.3) is 0 Å². The maximum Gasteiger partial charge on any atom is 0.251 e. The van der Waals surface area contributed by atoms with Crippen molar-refractivity contribution in [3.05, 3.63) is 29.3 Å². The predicted molar refractivity (Wildman–Crippen MR) is 88.8 cm³/mol. The van der Waals surface area contributed by atoms with Crippen molar-refractivity contribution in [3.63, 3.8) is 0 Å². The van der Waals surface area contributed by atoms with Gasteiger partial charge >= 0.3 is 0 Å². The molecule has 0 heterocycles. The van der Waals surface area contributed by atoms with Gasteiger partial charge in [0.2, 0.25) is 0 Å². The first-order chi connectivity index (χ1) is 9.94. The minimum Gasteiger partial charge on any atom is -0.382 e. The summed E-state index contributed by atoms with van der Waals surface area (Å²) in [5.74, 6) is 0.00477. The van der Waals surface area contributed by atoms with Gasteiger partial charge in [0.05, 0.1) is 0 Å². The highest BCUT2D eigenvalue weighted by Crippen LogP contribution is 2.37. The van der Waals surface area contributed by atoms with Crippen LogP contribution in [-0.4, -0.2) is 18.5 Å². The quantitative estimate of drug-likeness (QED) is 0.875. The average Bonchev–Trinajstić information content (AvgIpc) is 2.43. The normalized spacial score (nSPS) is 20.9. The third-order valence-corrected chi connectivity index (χ3v) is 4.66. The van der Waals surface area contributed by atoms with Gasteiger partial charge in [0.1, 0.15) is 0 Å². The molecule has 0 radical (unpaired) electrons. The highest BCUT2D eigenvalue weighted by molar-refractivity contribution is 5.94. The number of rotatable bonds is 4. The standard InChI is InChI=1S/C18H28N2O/c1-5-19-17(21)14-9-10-15(13(2)12-14)20-16-8-6-7-11-18(16,3)4/h9-10,12,16,20H,5-8,11H2,1-4H3,(H,19,21). The van der Waals surface area contributed by atoms with Gasteiger partial charge in [-0.05, 0) is 55.9 Å². The fraction of sp³-hybridized carbons (Fsp3) is 0.611. The third kappa shape index (κ3) is 3.78. The number of amides is 1. The summed E-state index contributed by atoms with van der Waals surface area (Å²) in [6, 6.07) is 6.45. The summed E-state index contributed by atoms with van der Waals surface area (Å²) in [6.45, 7) is 9.37. The maximum atomic E-state index is 11.9. The molecule has 0 spiro atoms. The molecule has 0 aliphatic heterocycles. The van der Waals surface area contributed by atoms with Crippen LogP contribution in [-0.2, 0) is 0 Å². The lowest BCUT2D eigenvalue weighted by Gasteiger charge is -2.40. The molecule has 1 fully saturated rings. The van der Waals surface area contributed by atoms with E-state index in [1.807, 2.05) is 25.1 Å². The summed E-state index contributed by atoms with van der Waals surface area (Å²) >= 11 is 0. The first-order valence-electron chi connectivity index (χ1n) is 8.09. The number of carbonyl (C=O) groups excluding carboxylic acids is 1. The number of benzene rings is 1. The van der Waals surface area contributed by atoms with Crippen LogP contribution in [0, 0.1) is 12.3 Å². The molecule has 2 rings (SSSR count). The van der Waals surface area contributed by atoms with Gasteiger partial charge in [-0.1, -0.05) is 26.7 Å². The van der Waals surface area contributed by atoms with Crippen molar-refractivity contribution < 1.29 is 4.79 Å². The molecule has 116 valence electrons. The topological polar surface area (TPSA) is 41.1 Å². The van der Waals surface area contributed by atoms with E-state index in [4.69, 9.17) is 0 Å². The molecule has 1 unspecified atom stereocenters. The van der Waals surface area contributed by atoms with Gasteiger partial charge in [-0.15, -0.1) is 0 Å². The molecule has 1 saturated carbocycles. The lowest BCUT2D eigenvalue weighted by atomic mass is 9.73. The Morgan fingerprint density at radius 3 is 2.71 bits per heavy atom. The van der Waals surface area contributed by atoms with Gasteiger partial charge in [-0.25, -0.2) is 0 Å². The van der Waals surface area contributed by atoms with Gasteiger partial charge in [-0.3, -0.25) is 4.79 Å². The zero-order valence-corrected chi connectivity index (χ0v) is 13.8. The Morgan fingerprint density at radius 2 is 2.10 bits per heavy atom. The molecule has 1 aliphatic rings. The van der Waals surface area contributed by atoms with Crippen molar-refractivity contribution in [2.75, 3.05) is 11.9 Å². The SMILES string of the molecule is CCNC(=O)c1ccc(NC2CCCCC2(C)C)c(C)c1. The fourth-order valence-electron chi connectivity index (χ4n) is 3.18. The molecule has 1 atom stereocenters. The first kappa shape index (κ1) is 15.9. The minimum absolute atomic E-state index is 0.00477. The summed E-state index contributed by atoms with van der Waals surface area (Å²) in [4.78, 5) is 11.9. The number of anilines is 1. The van der Waals surface area contributed by atoms with Crippen LogP contribution < -0.4 is 10.6 Å². The summed E-state index contributed by atoms with van der Waals surface area (Å²) < 4.78 is 0. The largest absolute Gasteiger partial charge is 0.382 e. The molecule has 3 nitrogen and oxygen atoms in total. The lowest BCUT2D eigenvalue weighted by molar-refractivity contribution is 0.0955. The highest BCUT2D eigenvalue weighted by Gasteiger charge is 2.32. The van der Waals surface area contributed by atoms with E-state index in [1.54, 1.807) is 0 Å². The molecular formula is C18H28N2O. The van der Waals surface area contributed by atoms with Crippen LogP contribution in [0.3, 0.4) is 0 Å². The van der Waals surface area contributed by atoms with Crippen molar-refractivity contribution in [3.8, 4) is 0 Å². The van der Waals surface area contributed by atoms with E-state index >= 15 is 0 Å². The molecule has 2 N–H and O–H groups in total. The van der Waals surface area contributed by atoms with Crippen LogP contribution >= 0.6 is 0 Å². The van der Waals surface area contributed by atoms with Crippen molar-refractivity contribution in [2.45, 2.75) is 59.4 Å². The van der Waals surface area contributed by atoms with Gasteiger partial charge in [0.25, 0.3) is 5.91 Å². The second kappa shape index (κ2) is 6.50. The smallest absolute Gasteiger partial charge is 0.251 e. The van der Waals surface area contributed by atoms with Crippen LogP contribution in [0.4, 0.5) is 5.69 Å². The Balaban J connectivity index is 2.12. The lowest BCUT2D eigenvalue weighted by Crippen LogP contribution is -2.39. The molecule has 21 heavy (non-hydrogen) atoms. The van der Waals surface area contributed by atoms with Crippen LogP contribution in [0.2, 0.25) is 0 Å². The van der Waals surface area contributed by atoms with E-state index in [1.165, 1.54) is 25.7 Å². The number of hydrogen-bond acceptors (Lipinski definition) is 2. The van der Waals surface area contributed by atoms with Crippen LogP contribution in [0.1, 0.15) is 62.4 Å². The van der Waals surface area contributed by atoms with Gasteiger partial charge in [0, 0.05) is 23.8 Å². The van der Waals surface area contributed by atoms with Crippen molar-refractivity contribution in [1.82, 2.24) is 5.32 Å². The summed E-state index contributed by atoms with van der Waals surface area (Å²) in [5.41, 5.74) is 3.37. The number of nitrogens with one attached hydrogen (secondary N) is 2. The Labute approximate surface area is 128 Å². The Morgan fingerprint density at radius 1 is 1.33 bits per heavy atom. The molecule has 1 aromatic rings. The zero-order valence-electron chi connectivity index (χ0n) is 13.8. The van der Waals surface area contributed by atoms with E-state index in [2.05, 4.69) is 31.4 Å². The van der Waals surface area contributed by atoms with E-state index in [-0.39, 0.29) is 5.91 Å². The minimum atomic E-state index is 0.00477. The van der Waals surface area contributed by atoms with Crippen LogP contribution in [0.15, 0.2) is 18.2 Å². The monoisotopic (exact) mass is 288 g/mol. The second-order valence-electron chi connectivity index (χ2n) is 6.82. The Hall–Kier alpha value is -1.51. The molecule has 0 saturated heterocycles. The second-order valence-corrected chi connectivity index (χ2v) is 6.82. The van der Waals surface area contributed by atoms with E-state index in [0.29, 0.717) is 18.0 Å². The molecular weight excluding hydrogens is 260 g/mol. The number of hydrogen-bond donors (Lipinski definition) is 2. The summed E-state index contributed by atoms with van der Waals surface area (Å²) in [5, 5.41) is 6.55. The van der Waals surface area contributed by atoms with E-state index in [0.717, 1.165) is 16.8 Å². The molecule has 3 heteroatoms. The molecule has 1 amide bonds. The fourth-order valence-corrected chi connectivity index (χ4v) is 3.18. The van der Waals surface area contributed by atoms with Crippen molar-refractivity contribution in [2.24, 2.45) is 5.41 Å². The number of carbonyl (C=O) groups is 1. The van der Waals surface area contributed by atoms with E-state index < -0.39 is 0 Å². The molecule has 0 aromatic heterocycles. The van der Waals surface area contributed by atoms with Gasteiger partial charge < -0.3 is 10.6 Å². The highest BCUT2D eigenvalue weighted by atomic mass is 16.1. The average molecular weight is 288 g/mol. The van der Waals surface area contributed by atoms with Crippen LogP contribution in [0.5, 0.6) is 0 Å². The number of aryl methyl sites for hydroxylation is 1. The first-order valence-corrected chi connectivity index (χ1v) is 8.09. The Kier molecular flexibility index (Phi) is 4.92. The van der Waals surface area contributed by atoms with Gasteiger partial charge in [-0.2, -0.15) is 0 Å². The van der Waals surface area contributed by atoms with Crippen molar-refractivity contribution in [1.29, 1.82) is 0 Å². The summed E-state index contributed by atoms with van der Waals surface area (Å²) in [6.07, 6.45) is 5.14. The van der Waals surface area contributed by atoms with Gasteiger partial charge in [0.15, 0.2) is 0 Å². The maximum absolute atomic E-state index is 11.9. The molecule has 0 bridgehead atoms. The summed E-state index contributed by atoms with van der Waals surface area (Å²) in [7, 11) is 0. The van der Waals surface area contributed by atoms with E-state index in [9.17, 15) is 4.79 Å². The molecule has 1 aromatic carbocycles. The predicted octanol–water partition coefficient (Wildman–Crippen LogP) is 4.13. The Bertz CT molecular complexity index is 508. The van der Waals surface area contributed by atoms with Crippen molar-refractivity contribution >= 4 is 11.6 Å².